The summed E-state index contributed by atoms with van der Waals surface area (Å²) in [6, 6.07) is 4.40. The van der Waals surface area contributed by atoms with Crippen molar-refractivity contribution in [2.45, 2.75) is 33.7 Å². The molecule has 1 aromatic rings. The average Bonchev–Trinajstić information content (AvgIpc) is 2.43. The minimum atomic E-state index is 0.469. The smallest absolute Gasteiger partial charge is 0.179 e. The number of fused-ring (bicyclic) bond motifs is 1. The van der Waals surface area contributed by atoms with Crippen LogP contribution in [0.2, 0.25) is 5.02 Å². The zero-order valence-electron chi connectivity index (χ0n) is 13.2. The van der Waals surface area contributed by atoms with E-state index in [9.17, 15) is 0 Å². The molecule has 0 radical (unpaired) electrons. The quantitative estimate of drug-likeness (QED) is 0.886. The molecule has 0 spiro atoms. The van der Waals surface area contributed by atoms with E-state index in [1.165, 1.54) is 5.57 Å². The van der Waals surface area contributed by atoms with Crippen LogP contribution >= 0.6 is 11.6 Å². The number of hydrogen-bond acceptors (Lipinski definition) is 3. The van der Waals surface area contributed by atoms with Crippen LogP contribution in [0.25, 0.3) is 6.08 Å². The van der Waals surface area contributed by atoms with Crippen LogP contribution < -0.4 is 14.8 Å². The lowest BCUT2D eigenvalue weighted by Gasteiger charge is -2.20. The van der Waals surface area contributed by atoms with Crippen molar-refractivity contribution in [1.29, 1.82) is 0 Å². The third kappa shape index (κ3) is 4.39. The van der Waals surface area contributed by atoms with Gasteiger partial charge in [0.15, 0.2) is 11.5 Å². The van der Waals surface area contributed by atoms with Crippen LogP contribution in [-0.2, 0) is 0 Å². The van der Waals surface area contributed by atoms with Crippen molar-refractivity contribution >= 4 is 17.7 Å². The van der Waals surface area contributed by atoms with Gasteiger partial charge in [-0.2, -0.15) is 0 Å². The minimum Gasteiger partial charge on any atom is -0.486 e. The van der Waals surface area contributed by atoms with Crippen molar-refractivity contribution < 1.29 is 9.47 Å². The van der Waals surface area contributed by atoms with Crippen LogP contribution in [0.3, 0.4) is 0 Å². The molecule has 2 rings (SSSR count). The summed E-state index contributed by atoms with van der Waals surface area (Å²) in [5.41, 5.74) is 2.40. The fraction of sp³-hybridized carbons (Fsp3) is 0.529. The van der Waals surface area contributed by atoms with Crippen molar-refractivity contribution in [2.75, 3.05) is 19.8 Å². The number of halogens is 1. The maximum absolute atomic E-state index is 6.29. The molecule has 0 atom stereocenters. The van der Waals surface area contributed by atoms with Crippen molar-refractivity contribution in [3.63, 3.8) is 0 Å². The van der Waals surface area contributed by atoms with Gasteiger partial charge in [-0.05, 0) is 23.6 Å². The molecule has 0 saturated heterocycles. The molecule has 1 aromatic carbocycles. The Morgan fingerprint density at radius 2 is 1.95 bits per heavy atom. The summed E-state index contributed by atoms with van der Waals surface area (Å²) in [5, 5.41) is 4.08. The Bertz CT molecular complexity index is 524. The Hall–Kier alpha value is -1.19. The number of rotatable bonds is 5. The highest BCUT2D eigenvalue weighted by Crippen LogP contribution is 2.39. The third-order valence-corrected chi connectivity index (χ3v) is 3.71. The summed E-state index contributed by atoms with van der Waals surface area (Å²) >= 11 is 6.29. The normalized spacial score (nSPS) is 14.9. The summed E-state index contributed by atoms with van der Waals surface area (Å²) in [6.07, 6.45) is 2.18. The van der Waals surface area contributed by atoms with Crippen LogP contribution in [0.1, 0.15) is 33.3 Å². The van der Waals surface area contributed by atoms with Crippen molar-refractivity contribution in [3.05, 3.63) is 28.3 Å². The molecule has 116 valence electrons. The van der Waals surface area contributed by atoms with Crippen molar-refractivity contribution in [1.82, 2.24) is 5.32 Å². The lowest BCUT2D eigenvalue weighted by atomic mass is 9.99. The van der Waals surface area contributed by atoms with E-state index in [-0.39, 0.29) is 0 Å². The van der Waals surface area contributed by atoms with Gasteiger partial charge in [-0.3, -0.25) is 0 Å². The fourth-order valence-corrected chi connectivity index (χ4v) is 2.45. The highest BCUT2D eigenvalue weighted by molar-refractivity contribution is 6.32. The first-order valence-corrected chi connectivity index (χ1v) is 7.88. The van der Waals surface area contributed by atoms with Gasteiger partial charge < -0.3 is 14.8 Å². The molecule has 0 bridgehead atoms. The molecule has 0 saturated carbocycles. The monoisotopic (exact) mass is 309 g/mol. The first kappa shape index (κ1) is 16.2. The molecule has 0 amide bonds. The van der Waals surface area contributed by atoms with Crippen LogP contribution in [0.15, 0.2) is 17.7 Å². The van der Waals surface area contributed by atoms with Gasteiger partial charge in [0, 0.05) is 12.6 Å². The Labute approximate surface area is 132 Å². The second-order valence-electron chi connectivity index (χ2n) is 5.94. The van der Waals surface area contributed by atoms with E-state index in [0.29, 0.717) is 35.9 Å². The van der Waals surface area contributed by atoms with E-state index in [4.69, 9.17) is 21.1 Å². The number of nitrogens with one attached hydrogen (secondary N) is 1. The molecule has 3 nitrogen and oxygen atoms in total. The number of hydrogen-bond donors (Lipinski definition) is 1. The van der Waals surface area contributed by atoms with E-state index in [1.54, 1.807) is 0 Å². The molecule has 0 unspecified atom stereocenters. The average molecular weight is 310 g/mol. The summed E-state index contributed by atoms with van der Waals surface area (Å²) in [6.45, 7) is 10.7. The van der Waals surface area contributed by atoms with Gasteiger partial charge in [-0.15, -0.1) is 0 Å². The molecule has 0 fully saturated rings. The molecule has 4 heteroatoms. The Morgan fingerprint density at radius 1 is 1.24 bits per heavy atom. The molecular formula is C17H24ClNO2. The highest BCUT2D eigenvalue weighted by atomic mass is 35.5. The molecule has 1 heterocycles. The minimum absolute atomic E-state index is 0.469. The van der Waals surface area contributed by atoms with Crippen LogP contribution in [-0.4, -0.2) is 25.8 Å². The predicted octanol–water partition coefficient (Wildman–Crippen LogP) is 4.15. The largest absolute Gasteiger partial charge is 0.486 e. The van der Waals surface area contributed by atoms with E-state index in [0.717, 1.165) is 17.9 Å². The first-order chi connectivity index (χ1) is 9.97. The maximum Gasteiger partial charge on any atom is 0.179 e. The number of benzene rings is 1. The molecule has 1 aliphatic heterocycles. The second kappa shape index (κ2) is 7.19. The van der Waals surface area contributed by atoms with Gasteiger partial charge in [-0.1, -0.05) is 50.9 Å². The lowest BCUT2D eigenvalue weighted by Crippen LogP contribution is -2.26. The summed E-state index contributed by atoms with van der Waals surface area (Å²) in [7, 11) is 0. The van der Waals surface area contributed by atoms with Gasteiger partial charge in [0.2, 0.25) is 0 Å². The SMILES string of the molecule is CC(C)NCC(=Cc1cc(Cl)c2c(c1)OCCO2)C(C)C. The van der Waals surface area contributed by atoms with Crippen LogP contribution in [0.4, 0.5) is 0 Å². The molecule has 21 heavy (non-hydrogen) atoms. The molecular weight excluding hydrogens is 286 g/mol. The summed E-state index contributed by atoms with van der Waals surface area (Å²) in [4.78, 5) is 0. The van der Waals surface area contributed by atoms with Gasteiger partial charge in [0.1, 0.15) is 13.2 Å². The zero-order chi connectivity index (χ0) is 15.4. The van der Waals surface area contributed by atoms with Crippen LogP contribution in [0.5, 0.6) is 11.5 Å². The fourth-order valence-electron chi connectivity index (χ4n) is 2.17. The summed E-state index contributed by atoms with van der Waals surface area (Å²) < 4.78 is 11.2. The topological polar surface area (TPSA) is 30.5 Å². The Morgan fingerprint density at radius 3 is 2.62 bits per heavy atom. The number of ether oxygens (including phenoxy) is 2. The van der Waals surface area contributed by atoms with E-state index >= 15 is 0 Å². The lowest BCUT2D eigenvalue weighted by molar-refractivity contribution is 0.171. The van der Waals surface area contributed by atoms with Gasteiger partial charge in [0.05, 0.1) is 5.02 Å². The Balaban J connectivity index is 2.26. The standard InChI is InChI=1S/C17H24ClNO2/c1-11(2)14(10-19-12(3)4)7-13-8-15(18)17-16(9-13)20-5-6-21-17/h7-9,11-12,19H,5-6,10H2,1-4H3. The zero-order valence-corrected chi connectivity index (χ0v) is 14.0. The Kier molecular flexibility index (Phi) is 5.54. The highest BCUT2D eigenvalue weighted by Gasteiger charge is 2.16. The van der Waals surface area contributed by atoms with Gasteiger partial charge in [-0.25, -0.2) is 0 Å². The van der Waals surface area contributed by atoms with Gasteiger partial charge >= 0.3 is 0 Å². The molecule has 1 N–H and O–H groups in total. The molecule has 1 aliphatic rings. The van der Waals surface area contributed by atoms with E-state index < -0.39 is 0 Å². The van der Waals surface area contributed by atoms with E-state index in [1.807, 2.05) is 12.1 Å². The predicted molar refractivity (Wildman–Crippen MR) is 88.4 cm³/mol. The first-order valence-electron chi connectivity index (χ1n) is 7.50. The molecule has 0 aliphatic carbocycles. The third-order valence-electron chi connectivity index (χ3n) is 3.43. The van der Waals surface area contributed by atoms with Crippen LogP contribution in [0, 0.1) is 5.92 Å². The molecule has 0 aromatic heterocycles. The summed E-state index contributed by atoms with van der Waals surface area (Å²) in [5.74, 6) is 1.87. The maximum atomic E-state index is 6.29. The van der Waals surface area contributed by atoms with E-state index in [2.05, 4.69) is 39.1 Å². The van der Waals surface area contributed by atoms with Crippen molar-refractivity contribution in [3.8, 4) is 11.5 Å². The van der Waals surface area contributed by atoms with Crippen molar-refractivity contribution in [2.24, 2.45) is 5.92 Å². The van der Waals surface area contributed by atoms with Gasteiger partial charge in [0.25, 0.3) is 0 Å². The second-order valence-corrected chi connectivity index (χ2v) is 6.34.